The minimum absolute atomic E-state index is 0.0152. The van der Waals surface area contributed by atoms with Crippen molar-refractivity contribution in [2.75, 3.05) is 13.6 Å². The topological polar surface area (TPSA) is 42.4 Å². The van der Waals surface area contributed by atoms with E-state index in [0.29, 0.717) is 12.1 Å². The molecular formula is C19H24N2O2. The van der Waals surface area contributed by atoms with Gasteiger partial charge < -0.3 is 9.64 Å². The van der Waals surface area contributed by atoms with E-state index >= 15 is 0 Å². The molecule has 1 aromatic carbocycles. The number of likely N-dealkylation sites (N-methyl/N-ethyl adjacent to an activating group) is 1. The van der Waals surface area contributed by atoms with Gasteiger partial charge in [0.05, 0.1) is 0 Å². The van der Waals surface area contributed by atoms with Gasteiger partial charge in [-0.2, -0.15) is 0 Å². The molecule has 1 aromatic heterocycles. The molecule has 0 bridgehead atoms. The van der Waals surface area contributed by atoms with Gasteiger partial charge in [-0.25, -0.2) is 0 Å². The average Bonchev–Trinajstić information content (AvgIpc) is 2.52. The smallest absolute Gasteiger partial charge is 0.253 e. The number of nitrogens with zero attached hydrogens (tertiary/aromatic N) is 2. The first-order valence-electron chi connectivity index (χ1n) is 7.78. The highest BCUT2D eigenvalue weighted by atomic mass is 16.5. The first kappa shape index (κ1) is 17.0. The van der Waals surface area contributed by atoms with E-state index < -0.39 is 0 Å². The Bertz CT molecular complexity index is 631. The van der Waals surface area contributed by atoms with Crippen LogP contribution in [0, 0.1) is 0 Å². The maximum atomic E-state index is 12.4. The van der Waals surface area contributed by atoms with Crippen molar-refractivity contribution in [3.05, 3.63) is 59.9 Å². The number of rotatable bonds is 5. The van der Waals surface area contributed by atoms with Gasteiger partial charge in [-0.1, -0.05) is 0 Å². The van der Waals surface area contributed by atoms with E-state index in [1.165, 1.54) is 5.56 Å². The fourth-order valence-electron chi connectivity index (χ4n) is 2.19. The van der Waals surface area contributed by atoms with E-state index in [1.54, 1.807) is 17.3 Å². The molecule has 0 aliphatic carbocycles. The Balaban J connectivity index is 1.94. The molecule has 0 fully saturated rings. The fraction of sp³-hybridized carbons (Fsp3) is 0.368. The van der Waals surface area contributed by atoms with E-state index in [1.807, 2.05) is 64.2 Å². The van der Waals surface area contributed by atoms with Crippen LogP contribution >= 0.6 is 0 Å². The maximum absolute atomic E-state index is 12.4. The second-order valence-corrected chi connectivity index (χ2v) is 6.57. The summed E-state index contributed by atoms with van der Waals surface area (Å²) in [5, 5.41) is 0. The number of hydrogen-bond acceptors (Lipinski definition) is 3. The average molecular weight is 312 g/mol. The van der Waals surface area contributed by atoms with Gasteiger partial charge in [0.1, 0.15) is 11.4 Å². The third kappa shape index (κ3) is 5.40. The number of hydrogen-bond donors (Lipinski definition) is 0. The van der Waals surface area contributed by atoms with Gasteiger partial charge >= 0.3 is 0 Å². The summed E-state index contributed by atoms with van der Waals surface area (Å²) in [7, 11) is 1.82. The zero-order valence-corrected chi connectivity index (χ0v) is 14.2. The molecule has 0 radical (unpaired) electrons. The lowest BCUT2D eigenvalue weighted by atomic mass is 10.1. The first-order valence-corrected chi connectivity index (χ1v) is 7.78. The Morgan fingerprint density at radius 2 is 1.70 bits per heavy atom. The fourth-order valence-corrected chi connectivity index (χ4v) is 2.19. The van der Waals surface area contributed by atoms with E-state index in [9.17, 15) is 4.79 Å². The molecule has 122 valence electrons. The number of ether oxygens (including phenoxy) is 1. The lowest BCUT2D eigenvalue weighted by Crippen LogP contribution is -2.29. The van der Waals surface area contributed by atoms with Crippen molar-refractivity contribution in [2.45, 2.75) is 32.8 Å². The normalized spacial score (nSPS) is 11.1. The summed E-state index contributed by atoms with van der Waals surface area (Å²) >= 11 is 0. The molecule has 0 atom stereocenters. The van der Waals surface area contributed by atoms with E-state index in [2.05, 4.69) is 4.98 Å². The molecule has 0 saturated heterocycles. The van der Waals surface area contributed by atoms with Gasteiger partial charge in [0, 0.05) is 31.5 Å². The molecule has 0 saturated carbocycles. The summed E-state index contributed by atoms with van der Waals surface area (Å²) in [6, 6.07) is 11.2. The lowest BCUT2D eigenvalue weighted by molar-refractivity contribution is 0.0796. The Morgan fingerprint density at radius 3 is 2.26 bits per heavy atom. The highest BCUT2D eigenvalue weighted by Gasteiger charge is 2.14. The highest BCUT2D eigenvalue weighted by Crippen LogP contribution is 2.19. The van der Waals surface area contributed by atoms with Crippen LogP contribution in [-0.4, -0.2) is 35.0 Å². The van der Waals surface area contributed by atoms with E-state index in [0.717, 1.165) is 12.2 Å². The van der Waals surface area contributed by atoms with Gasteiger partial charge in [-0.05, 0) is 69.2 Å². The molecule has 4 nitrogen and oxygen atoms in total. The van der Waals surface area contributed by atoms with Crippen molar-refractivity contribution in [1.82, 2.24) is 9.88 Å². The molecule has 2 aromatic rings. The Kier molecular flexibility index (Phi) is 5.37. The molecule has 2 rings (SSSR count). The number of carbonyl (C=O) groups is 1. The summed E-state index contributed by atoms with van der Waals surface area (Å²) in [4.78, 5) is 18.2. The monoisotopic (exact) mass is 312 g/mol. The SMILES string of the molecule is CN(CCc1ccncc1)C(=O)c1ccc(OC(C)(C)C)cc1. The van der Waals surface area contributed by atoms with Crippen LogP contribution < -0.4 is 4.74 Å². The predicted octanol–water partition coefficient (Wildman–Crippen LogP) is 3.57. The number of aromatic nitrogens is 1. The summed E-state index contributed by atoms with van der Waals surface area (Å²) in [6.45, 7) is 6.67. The van der Waals surface area contributed by atoms with Crippen LogP contribution in [0.25, 0.3) is 0 Å². The molecule has 1 heterocycles. The molecule has 0 N–H and O–H groups in total. The molecule has 0 spiro atoms. The van der Waals surface area contributed by atoms with Crippen LogP contribution in [-0.2, 0) is 6.42 Å². The van der Waals surface area contributed by atoms with E-state index in [4.69, 9.17) is 4.74 Å². The minimum atomic E-state index is -0.243. The quantitative estimate of drug-likeness (QED) is 0.847. The van der Waals surface area contributed by atoms with Crippen molar-refractivity contribution < 1.29 is 9.53 Å². The van der Waals surface area contributed by atoms with Crippen LogP contribution in [0.4, 0.5) is 0 Å². The van der Waals surface area contributed by atoms with Crippen LogP contribution in [0.3, 0.4) is 0 Å². The number of pyridine rings is 1. The summed E-state index contributed by atoms with van der Waals surface area (Å²) in [6.07, 6.45) is 4.35. The second-order valence-electron chi connectivity index (χ2n) is 6.57. The molecule has 1 amide bonds. The summed E-state index contributed by atoms with van der Waals surface area (Å²) in [5.41, 5.74) is 1.60. The van der Waals surface area contributed by atoms with Crippen LogP contribution in [0.2, 0.25) is 0 Å². The third-order valence-electron chi connectivity index (χ3n) is 3.36. The van der Waals surface area contributed by atoms with Crippen LogP contribution in [0.1, 0.15) is 36.7 Å². The molecule has 4 heteroatoms. The number of amides is 1. The lowest BCUT2D eigenvalue weighted by Gasteiger charge is -2.21. The van der Waals surface area contributed by atoms with Crippen LogP contribution in [0.15, 0.2) is 48.8 Å². The van der Waals surface area contributed by atoms with Crippen molar-refractivity contribution in [3.63, 3.8) is 0 Å². The Morgan fingerprint density at radius 1 is 1.09 bits per heavy atom. The van der Waals surface area contributed by atoms with Gasteiger partial charge in [-0.15, -0.1) is 0 Å². The zero-order valence-electron chi connectivity index (χ0n) is 14.2. The van der Waals surface area contributed by atoms with Crippen molar-refractivity contribution in [2.24, 2.45) is 0 Å². The minimum Gasteiger partial charge on any atom is -0.488 e. The first-order chi connectivity index (χ1) is 10.8. The van der Waals surface area contributed by atoms with E-state index in [-0.39, 0.29) is 11.5 Å². The Labute approximate surface area is 138 Å². The van der Waals surface area contributed by atoms with Gasteiger partial charge in [0.2, 0.25) is 0 Å². The largest absolute Gasteiger partial charge is 0.488 e. The molecular weight excluding hydrogens is 288 g/mol. The van der Waals surface area contributed by atoms with Crippen LogP contribution in [0.5, 0.6) is 5.75 Å². The third-order valence-corrected chi connectivity index (χ3v) is 3.36. The second kappa shape index (κ2) is 7.27. The molecule has 0 aliphatic rings. The molecule has 0 aliphatic heterocycles. The predicted molar refractivity (Wildman–Crippen MR) is 91.7 cm³/mol. The zero-order chi connectivity index (χ0) is 16.9. The maximum Gasteiger partial charge on any atom is 0.253 e. The molecule has 23 heavy (non-hydrogen) atoms. The van der Waals surface area contributed by atoms with Crippen molar-refractivity contribution >= 4 is 5.91 Å². The van der Waals surface area contributed by atoms with Crippen molar-refractivity contribution in [3.8, 4) is 5.75 Å². The number of benzene rings is 1. The summed E-state index contributed by atoms with van der Waals surface area (Å²) in [5.74, 6) is 0.787. The molecule has 0 unspecified atom stereocenters. The van der Waals surface area contributed by atoms with Gasteiger partial charge in [-0.3, -0.25) is 9.78 Å². The number of carbonyl (C=O) groups excluding carboxylic acids is 1. The summed E-state index contributed by atoms with van der Waals surface area (Å²) < 4.78 is 5.77. The van der Waals surface area contributed by atoms with Crippen molar-refractivity contribution in [1.29, 1.82) is 0 Å². The highest BCUT2D eigenvalue weighted by molar-refractivity contribution is 5.94. The Hall–Kier alpha value is -2.36. The standard InChI is InChI=1S/C19H24N2O2/c1-19(2,3)23-17-7-5-16(6-8-17)18(22)21(4)14-11-15-9-12-20-13-10-15/h5-10,12-13H,11,14H2,1-4H3. The van der Waals surface area contributed by atoms with Gasteiger partial charge in [0.25, 0.3) is 5.91 Å². The van der Waals surface area contributed by atoms with Gasteiger partial charge in [0.15, 0.2) is 0 Å².